The van der Waals surface area contributed by atoms with Crippen LogP contribution in [-0.2, 0) is 9.13 Å². The number of benzene rings is 5. The van der Waals surface area contributed by atoms with E-state index in [2.05, 4.69) is 121 Å². The molecule has 0 spiro atoms. The molecule has 1 heterocycles. The third-order valence-corrected chi connectivity index (χ3v) is 23.7. The maximum absolute atomic E-state index is 14.9. The Kier molecular flexibility index (Phi) is 20.8. The molecule has 6 aromatic rings. The predicted molar refractivity (Wildman–Crippen MR) is 278 cm³/mol. The minimum absolute atomic E-state index is 0. The summed E-state index contributed by atoms with van der Waals surface area (Å²) in [5.41, 5.74) is 3.28. The molecule has 0 saturated heterocycles. The number of ketones is 1. The summed E-state index contributed by atoms with van der Waals surface area (Å²) in [5, 5.41) is 11.8. The Labute approximate surface area is 452 Å². The van der Waals surface area contributed by atoms with Crippen molar-refractivity contribution in [3.8, 4) is 28.0 Å². The molecule has 9 rings (SSSR count). The zero-order valence-electron chi connectivity index (χ0n) is 40.4. The van der Waals surface area contributed by atoms with E-state index in [9.17, 15) is 37.0 Å². The zero-order valence-corrected chi connectivity index (χ0v) is 44.6. The Morgan fingerprint density at radius 1 is 0.586 bits per heavy atom. The van der Waals surface area contributed by atoms with Gasteiger partial charge in [-0.15, -0.1) is 0 Å². The van der Waals surface area contributed by atoms with Gasteiger partial charge >= 0.3 is 11.8 Å². The van der Waals surface area contributed by atoms with Gasteiger partial charge in [-0.2, -0.15) is 13.2 Å². The number of carbonyl (C=O) groups is 1. The van der Waals surface area contributed by atoms with Crippen LogP contribution in [0, 0.1) is 49.4 Å². The summed E-state index contributed by atoms with van der Waals surface area (Å²) in [6, 6.07) is 43.6. The second-order valence-corrected chi connectivity index (χ2v) is 25.7. The number of halogens is 3. The molecule has 3 saturated carbocycles. The maximum atomic E-state index is 14.9. The van der Waals surface area contributed by atoms with Crippen molar-refractivity contribution in [2.24, 2.45) is 0 Å². The van der Waals surface area contributed by atoms with Crippen LogP contribution in [0.4, 0.5) is 13.2 Å². The van der Waals surface area contributed by atoms with Gasteiger partial charge < -0.3 is 18.7 Å². The van der Waals surface area contributed by atoms with Gasteiger partial charge in [0.1, 0.15) is 25.6 Å². The van der Waals surface area contributed by atoms with Crippen molar-refractivity contribution < 1.29 is 86.0 Å². The summed E-state index contributed by atoms with van der Waals surface area (Å²) in [6.07, 6.45) is 15.1. The van der Waals surface area contributed by atoms with Gasteiger partial charge in [-0.05, 0) is 85.8 Å². The van der Waals surface area contributed by atoms with Crippen molar-refractivity contribution in [2.45, 2.75) is 152 Å². The quantitative estimate of drug-likeness (QED) is 0.0788. The number of fused-ring (bicyclic) bond motifs is 1. The van der Waals surface area contributed by atoms with Gasteiger partial charge in [0, 0.05) is 82.6 Å². The second kappa shape index (κ2) is 26.0. The van der Waals surface area contributed by atoms with Crippen molar-refractivity contribution in [1.29, 1.82) is 0 Å². The summed E-state index contributed by atoms with van der Waals surface area (Å²) < 4.78 is 71.0. The van der Waals surface area contributed by atoms with Crippen molar-refractivity contribution in [3.05, 3.63) is 149 Å². The van der Waals surface area contributed by atoms with Crippen LogP contribution >= 0.6 is 14.3 Å². The number of alkyl halides is 3. The molecular formula is C58H67EuF3O6P2. The summed E-state index contributed by atoms with van der Waals surface area (Å²) in [7, 11) is -4.89. The number of hydrogen-bond donors (Lipinski definition) is 1. The van der Waals surface area contributed by atoms with Crippen LogP contribution in [0.15, 0.2) is 143 Å². The number of carbonyl (C=O) groups excluding carboxylic acids is 1. The number of aromatic hydroxyl groups is 1. The van der Waals surface area contributed by atoms with Gasteiger partial charge in [0.15, 0.2) is 5.56 Å². The minimum atomic E-state index is -5.26. The summed E-state index contributed by atoms with van der Waals surface area (Å²) in [4.78, 5) is 22.3. The average Bonchev–Trinajstić information content (AvgIpc) is 3.40. The molecule has 5 aromatic carbocycles. The van der Waals surface area contributed by atoms with E-state index < -0.39 is 43.2 Å². The molecule has 1 radical (unpaired) electrons. The molecule has 1 aromatic heterocycles. The number of Topliss-reactive ketones (excluding diaryl/α,β-unsaturated/α-hetero) is 1. The van der Waals surface area contributed by atoms with Gasteiger partial charge in [-0.25, -0.2) is 4.79 Å². The summed E-state index contributed by atoms with van der Waals surface area (Å²) >= 11 is 0. The van der Waals surface area contributed by atoms with Gasteiger partial charge in [0.25, 0.3) is 5.78 Å². The number of hydrogen-bond acceptors (Lipinski definition) is 6. The molecule has 1 unspecified atom stereocenters. The minimum Gasteiger partial charge on any atom is -0.506 e. The van der Waals surface area contributed by atoms with E-state index in [0.29, 0.717) is 22.6 Å². The first-order valence-corrected chi connectivity index (χ1v) is 28.9. The van der Waals surface area contributed by atoms with Crippen LogP contribution in [0.5, 0.6) is 5.75 Å². The SMILES string of the molecule is CCC(CC)P(=O)(c1ccccc1-c1ccccc1)C1CCCCC1.O=C(c1c(O)c2ccccc2oc1=O)C(F)(F)F.O=P(c1ccccc1-c1ccccc1)(C1CCCCC1)C1CCCCC1.[Eu]. The van der Waals surface area contributed by atoms with Crippen LogP contribution in [0.2, 0.25) is 0 Å². The van der Waals surface area contributed by atoms with Crippen molar-refractivity contribution in [2.75, 3.05) is 0 Å². The largest absolute Gasteiger partial charge is 0.506 e. The zero-order chi connectivity index (χ0) is 49.0. The fraction of sp³-hybridized carbons (Fsp3) is 0.414. The van der Waals surface area contributed by atoms with Crippen molar-refractivity contribution >= 4 is 41.6 Å². The molecule has 12 heteroatoms. The summed E-state index contributed by atoms with van der Waals surface area (Å²) in [5.74, 6) is -3.45. The number of para-hydroxylation sites is 1. The van der Waals surface area contributed by atoms with Gasteiger partial charge in [0.05, 0.1) is 5.39 Å². The van der Waals surface area contributed by atoms with E-state index in [0.717, 1.165) is 56.7 Å². The Morgan fingerprint density at radius 2 is 0.986 bits per heavy atom. The molecule has 3 fully saturated rings. The molecular weight excluding hydrogens is 1060 g/mol. The first-order valence-electron chi connectivity index (χ1n) is 25.2. The normalized spacial score (nSPS) is 17.0. The Bertz CT molecular complexity index is 2750. The monoisotopic (exact) mass is 1130 g/mol. The van der Waals surface area contributed by atoms with E-state index >= 15 is 0 Å². The first kappa shape index (κ1) is 55.9. The Balaban J connectivity index is 0.000000174. The van der Waals surface area contributed by atoms with E-state index in [1.54, 1.807) is 0 Å². The molecule has 1 N–H and O–H groups in total. The van der Waals surface area contributed by atoms with Crippen LogP contribution in [0.25, 0.3) is 33.2 Å². The van der Waals surface area contributed by atoms with Crippen LogP contribution in [-0.4, -0.2) is 39.7 Å². The molecule has 3 aliphatic carbocycles. The molecule has 0 aliphatic heterocycles. The smallest absolute Gasteiger partial charge is 0.455 e. The van der Waals surface area contributed by atoms with Gasteiger partial charge in [-0.3, -0.25) is 4.79 Å². The van der Waals surface area contributed by atoms with E-state index in [1.807, 2.05) is 6.07 Å². The van der Waals surface area contributed by atoms with Crippen molar-refractivity contribution in [1.82, 2.24) is 0 Å². The second-order valence-electron chi connectivity index (χ2n) is 19.0. The van der Waals surface area contributed by atoms with Gasteiger partial charge in [-0.1, -0.05) is 193 Å². The molecule has 373 valence electrons. The average molecular weight is 1130 g/mol. The standard InChI is InChI=1S/C24H31OP.C23H31OP.C11H5F3O4.Eu/c25-26(21-14-6-2-7-15-21,22-16-8-3-9-17-22)24-19-11-10-18-23(24)20-12-4-1-5-13-20;1-3-20(4-2)25(24,21-15-9-6-10-16-21)23-18-12-11-17-22(23)19-13-7-5-8-14-19;12-11(13,14)9(16)7-8(15)5-3-1-2-4-6(5)18-10(7)17;/h1,4-5,10-13,18-19,21-22H,2-3,6-9,14-17H2;5,7-8,11-14,17-18,20-21H,3-4,6,9-10,15-16H2,1-2H3;1-4,15H;. The van der Waals surface area contributed by atoms with Gasteiger partial charge in [0.2, 0.25) is 0 Å². The van der Waals surface area contributed by atoms with Crippen LogP contribution in [0.3, 0.4) is 0 Å². The van der Waals surface area contributed by atoms with Crippen LogP contribution < -0.4 is 16.2 Å². The third-order valence-electron chi connectivity index (χ3n) is 14.8. The number of rotatable bonds is 11. The predicted octanol–water partition coefficient (Wildman–Crippen LogP) is 16.1. The molecule has 6 nitrogen and oxygen atoms in total. The fourth-order valence-corrected chi connectivity index (χ4v) is 20.4. The molecule has 70 heavy (non-hydrogen) atoms. The maximum Gasteiger partial charge on any atom is 0.455 e. The van der Waals surface area contributed by atoms with Crippen LogP contribution in [0.1, 0.15) is 133 Å². The van der Waals surface area contributed by atoms with E-state index in [-0.39, 0.29) is 60.3 Å². The first-order chi connectivity index (χ1) is 33.3. The molecule has 0 amide bonds. The molecule has 3 aliphatic rings. The Hall–Kier alpha value is -3.39. The topological polar surface area (TPSA) is 102 Å². The third kappa shape index (κ3) is 12.7. The molecule has 1 atom stereocenters. The van der Waals surface area contributed by atoms with E-state index in [1.165, 1.54) is 110 Å². The Morgan fingerprint density at radius 3 is 1.46 bits per heavy atom. The van der Waals surface area contributed by atoms with E-state index in [4.69, 9.17) is 0 Å². The van der Waals surface area contributed by atoms with Crippen molar-refractivity contribution in [3.63, 3.8) is 0 Å². The molecule has 0 bridgehead atoms. The summed E-state index contributed by atoms with van der Waals surface area (Å²) in [6.45, 7) is 4.43. The fourth-order valence-electron chi connectivity index (χ4n) is 11.4.